The number of rotatable bonds is 4. The average Bonchev–Trinajstić information content (AvgIpc) is 2.67. The third kappa shape index (κ3) is 2.51. The predicted molar refractivity (Wildman–Crippen MR) is 75.7 cm³/mol. The fourth-order valence-electron chi connectivity index (χ4n) is 3.93. The first-order chi connectivity index (χ1) is 9.29. The van der Waals surface area contributed by atoms with Crippen molar-refractivity contribution >= 4 is 0 Å². The van der Waals surface area contributed by atoms with Crippen molar-refractivity contribution in [2.24, 2.45) is 5.92 Å². The molecule has 1 aromatic rings. The molecule has 0 radical (unpaired) electrons. The summed E-state index contributed by atoms with van der Waals surface area (Å²) in [5.41, 5.74) is 1.11. The molecule has 2 bridgehead atoms. The first kappa shape index (κ1) is 13.0. The Morgan fingerprint density at radius 2 is 2.05 bits per heavy atom. The van der Waals surface area contributed by atoms with Crippen LogP contribution in [0.25, 0.3) is 0 Å². The number of fused-ring (bicyclic) bond motifs is 2. The van der Waals surface area contributed by atoms with Gasteiger partial charge in [0.1, 0.15) is 0 Å². The maximum atomic E-state index is 4.52. The minimum absolute atomic E-state index is 0.371. The molecule has 0 spiro atoms. The maximum absolute atomic E-state index is 4.52. The highest BCUT2D eigenvalue weighted by Gasteiger charge is 2.41. The van der Waals surface area contributed by atoms with Crippen molar-refractivity contribution in [3.63, 3.8) is 0 Å². The van der Waals surface area contributed by atoms with E-state index in [1.54, 1.807) is 6.20 Å². The molecule has 2 saturated heterocycles. The van der Waals surface area contributed by atoms with Crippen molar-refractivity contribution in [2.45, 2.75) is 50.7 Å². The molecule has 3 unspecified atom stereocenters. The molecule has 19 heavy (non-hydrogen) atoms. The fourth-order valence-corrected chi connectivity index (χ4v) is 3.93. The molecule has 3 rings (SSSR count). The van der Waals surface area contributed by atoms with E-state index in [-0.39, 0.29) is 0 Å². The van der Waals surface area contributed by atoms with Crippen LogP contribution in [0.1, 0.15) is 44.3 Å². The second-order valence-electron chi connectivity index (χ2n) is 5.95. The molecule has 0 saturated carbocycles. The van der Waals surface area contributed by atoms with Crippen LogP contribution < -0.4 is 5.32 Å². The average molecular weight is 260 g/mol. The number of piperidine rings is 1. The summed E-state index contributed by atoms with van der Waals surface area (Å²) in [4.78, 5) is 11.4. The molecule has 104 valence electrons. The van der Waals surface area contributed by atoms with Crippen molar-refractivity contribution in [1.29, 1.82) is 0 Å². The Kier molecular flexibility index (Phi) is 3.80. The summed E-state index contributed by atoms with van der Waals surface area (Å²) in [6.07, 6.45) is 10.8. The summed E-state index contributed by atoms with van der Waals surface area (Å²) < 4.78 is 0. The minimum atomic E-state index is 0.371. The molecule has 2 fully saturated rings. The smallest absolute Gasteiger partial charge is 0.0758 e. The zero-order valence-corrected chi connectivity index (χ0v) is 11.9. The summed E-state index contributed by atoms with van der Waals surface area (Å²) in [5.74, 6) is 0.699. The van der Waals surface area contributed by atoms with Crippen molar-refractivity contribution < 1.29 is 0 Å². The largest absolute Gasteiger partial charge is 0.309 e. The van der Waals surface area contributed by atoms with E-state index in [9.17, 15) is 0 Å². The number of hydrogen-bond donors (Lipinski definition) is 1. The summed E-state index contributed by atoms with van der Waals surface area (Å²) in [6.45, 7) is 3.16. The van der Waals surface area contributed by atoms with E-state index in [0.29, 0.717) is 12.0 Å². The van der Waals surface area contributed by atoms with Crippen LogP contribution in [0.5, 0.6) is 0 Å². The summed E-state index contributed by atoms with van der Waals surface area (Å²) >= 11 is 0. The van der Waals surface area contributed by atoms with Crippen LogP contribution in [0.4, 0.5) is 0 Å². The van der Waals surface area contributed by atoms with E-state index in [0.717, 1.165) is 24.3 Å². The zero-order chi connectivity index (χ0) is 13.2. The standard InChI is InChI=1S/C15H24N4/c1-3-17-15(14-10-16-6-7-18-14)11-8-12-4-5-13(9-11)19(12)2/h6-7,10-13,15,17H,3-5,8-9H2,1-2H3. The number of nitrogens with zero attached hydrogens (tertiary/aromatic N) is 3. The highest BCUT2D eigenvalue weighted by molar-refractivity contribution is 5.07. The van der Waals surface area contributed by atoms with Gasteiger partial charge in [-0.05, 0) is 45.2 Å². The highest BCUT2D eigenvalue weighted by Crippen LogP contribution is 2.41. The molecule has 4 heteroatoms. The van der Waals surface area contributed by atoms with Gasteiger partial charge in [-0.15, -0.1) is 0 Å². The van der Waals surface area contributed by atoms with Crippen LogP contribution in [0, 0.1) is 5.92 Å². The van der Waals surface area contributed by atoms with Gasteiger partial charge in [-0.2, -0.15) is 0 Å². The molecular formula is C15H24N4. The van der Waals surface area contributed by atoms with Gasteiger partial charge in [-0.3, -0.25) is 9.97 Å². The van der Waals surface area contributed by atoms with Crippen LogP contribution in [0.15, 0.2) is 18.6 Å². The topological polar surface area (TPSA) is 41.1 Å². The number of hydrogen-bond acceptors (Lipinski definition) is 4. The van der Waals surface area contributed by atoms with Crippen LogP contribution in [-0.2, 0) is 0 Å². The molecule has 0 amide bonds. The third-order valence-electron chi connectivity index (χ3n) is 4.93. The van der Waals surface area contributed by atoms with Crippen LogP contribution in [-0.4, -0.2) is 40.5 Å². The second-order valence-corrected chi connectivity index (χ2v) is 5.95. The molecule has 3 atom stereocenters. The first-order valence-corrected chi connectivity index (χ1v) is 7.50. The van der Waals surface area contributed by atoms with Crippen molar-refractivity contribution in [3.05, 3.63) is 24.3 Å². The Balaban J connectivity index is 1.78. The van der Waals surface area contributed by atoms with Gasteiger partial charge in [-0.25, -0.2) is 0 Å². The zero-order valence-electron chi connectivity index (χ0n) is 11.9. The lowest BCUT2D eigenvalue weighted by molar-refractivity contribution is 0.112. The van der Waals surface area contributed by atoms with E-state index < -0.39 is 0 Å². The van der Waals surface area contributed by atoms with Crippen LogP contribution in [0.2, 0.25) is 0 Å². The van der Waals surface area contributed by atoms with E-state index in [1.165, 1.54) is 25.7 Å². The van der Waals surface area contributed by atoms with E-state index in [1.807, 2.05) is 12.4 Å². The molecule has 1 N–H and O–H groups in total. The van der Waals surface area contributed by atoms with Crippen LogP contribution >= 0.6 is 0 Å². The lowest BCUT2D eigenvalue weighted by atomic mass is 9.84. The van der Waals surface area contributed by atoms with Gasteiger partial charge in [0, 0.05) is 30.7 Å². The van der Waals surface area contributed by atoms with Crippen LogP contribution in [0.3, 0.4) is 0 Å². The lowest BCUT2D eigenvalue weighted by Crippen LogP contribution is -2.44. The summed E-state index contributed by atoms with van der Waals surface area (Å²) in [5, 5.41) is 3.63. The van der Waals surface area contributed by atoms with Gasteiger partial charge in [0.25, 0.3) is 0 Å². The molecule has 0 aliphatic carbocycles. The van der Waals surface area contributed by atoms with Gasteiger partial charge in [0.05, 0.1) is 11.7 Å². The summed E-state index contributed by atoms with van der Waals surface area (Å²) in [6, 6.07) is 1.93. The molecule has 3 heterocycles. The lowest BCUT2D eigenvalue weighted by Gasteiger charge is -2.39. The molecule has 2 aliphatic heterocycles. The SMILES string of the molecule is CCNC(c1cnccn1)C1CC2CCC(C1)N2C. The molecule has 0 aromatic carbocycles. The normalized spacial score (nSPS) is 32.4. The quantitative estimate of drug-likeness (QED) is 0.899. The first-order valence-electron chi connectivity index (χ1n) is 7.50. The Hall–Kier alpha value is -1.00. The van der Waals surface area contributed by atoms with Gasteiger partial charge < -0.3 is 10.2 Å². The molecular weight excluding hydrogens is 236 g/mol. The third-order valence-corrected chi connectivity index (χ3v) is 4.93. The molecule has 1 aromatic heterocycles. The Labute approximate surface area is 115 Å². The Bertz CT molecular complexity index is 394. The Morgan fingerprint density at radius 1 is 1.32 bits per heavy atom. The highest BCUT2D eigenvalue weighted by atomic mass is 15.2. The fraction of sp³-hybridized carbons (Fsp3) is 0.733. The monoisotopic (exact) mass is 260 g/mol. The van der Waals surface area contributed by atoms with Gasteiger partial charge in [0.15, 0.2) is 0 Å². The van der Waals surface area contributed by atoms with E-state index in [4.69, 9.17) is 0 Å². The van der Waals surface area contributed by atoms with Crippen molar-refractivity contribution in [3.8, 4) is 0 Å². The van der Waals surface area contributed by atoms with Gasteiger partial charge in [-0.1, -0.05) is 6.92 Å². The van der Waals surface area contributed by atoms with Gasteiger partial charge >= 0.3 is 0 Å². The maximum Gasteiger partial charge on any atom is 0.0758 e. The second kappa shape index (κ2) is 5.55. The number of aromatic nitrogens is 2. The van der Waals surface area contributed by atoms with E-state index in [2.05, 4.69) is 34.2 Å². The Morgan fingerprint density at radius 3 is 2.63 bits per heavy atom. The van der Waals surface area contributed by atoms with Crippen molar-refractivity contribution in [1.82, 2.24) is 20.2 Å². The van der Waals surface area contributed by atoms with E-state index >= 15 is 0 Å². The predicted octanol–water partition coefficient (Wildman–Crippen LogP) is 2.00. The molecule has 4 nitrogen and oxygen atoms in total. The minimum Gasteiger partial charge on any atom is -0.309 e. The number of nitrogens with one attached hydrogen (secondary N) is 1. The van der Waals surface area contributed by atoms with Crippen molar-refractivity contribution in [2.75, 3.05) is 13.6 Å². The molecule has 2 aliphatic rings. The van der Waals surface area contributed by atoms with Gasteiger partial charge in [0.2, 0.25) is 0 Å². The summed E-state index contributed by atoms with van der Waals surface area (Å²) in [7, 11) is 2.29.